The second-order valence-electron chi connectivity index (χ2n) is 3.03. The number of amides is 2. The van der Waals surface area contributed by atoms with Crippen molar-refractivity contribution in [2.24, 2.45) is 5.73 Å². The molecule has 2 amide bonds. The fraction of sp³-hybridized carbons (Fsp3) is 0.222. The van der Waals surface area contributed by atoms with Crippen LogP contribution >= 0.6 is 12.2 Å². The molecule has 4 N–H and O–H groups in total. The van der Waals surface area contributed by atoms with Gasteiger partial charge in [-0.3, -0.25) is 9.59 Å². The van der Waals surface area contributed by atoms with Crippen molar-refractivity contribution < 1.29 is 9.59 Å². The summed E-state index contributed by atoms with van der Waals surface area (Å²) < 4.78 is 0. The van der Waals surface area contributed by atoms with Gasteiger partial charge in [-0.2, -0.15) is 0 Å². The fourth-order valence-corrected chi connectivity index (χ4v) is 0.994. The highest BCUT2D eigenvalue weighted by molar-refractivity contribution is 7.80. The van der Waals surface area contributed by atoms with Crippen molar-refractivity contribution in [2.75, 3.05) is 6.54 Å². The Hall–Kier alpha value is -2.09. The Bertz CT molecular complexity index is 423. The summed E-state index contributed by atoms with van der Waals surface area (Å²) in [5.74, 6) is -1.55. The predicted octanol–water partition coefficient (Wildman–Crippen LogP) is -1.50. The van der Waals surface area contributed by atoms with Crippen molar-refractivity contribution in [3.05, 3.63) is 24.3 Å². The van der Waals surface area contributed by atoms with Gasteiger partial charge in [0.2, 0.25) is 0 Å². The minimum atomic E-state index is -0.785. The normalized spacial score (nSPS) is 9.41. The van der Waals surface area contributed by atoms with E-state index in [4.69, 9.17) is 5.73 Å². The van der Waals surface area contributed by atoms with Gasteiger partial charge < -0.3 is 16.4 Å². The number of nitrogens with zero attached hydrogens (tertiary/aromatic N) is 2. The van der Waals surface area contributed by atoms with Crippen LogP contribution in [-0.2, 0) is 16.1 Å². The lowest BCUT2D eigenvalue weighted by Crippen LogP contribution is -2.42. The van der Waals surface area contributed by atoms with Gasteiger partial charge in [0.15, 0.2) is 0 Å². The molecule has 1 rings (SSSR count). The Morgan fingerprint density at radius 1 is 1.35 bits per heavy atom. The molecular weight excluding hydrogens is 242 g/mol. The van der Waals surface area contributed by atoms with Gasteiger partial charge >= 0.3 is 11.8 Å². The molecule has 0 bridgehead atoms. The van der Waals surface area contributed by atoms with E-state index < -0.39 is 11.8 Å². The molecule has 0 saturated carbocycles. The van der Waals surface area contributed by atoms with E-state index >= 15 is 0 Å². The fourth-order valence-electron chi connectivity index (χ4n) is 0.921. The Labute approximate surface area is 103 Å². The van der Waals surface area contributed by atoms with E-state index in [0.29, 0.717) is 5.69 Å². The second-order valence-corrected chi connectivity index (χ2v) is 3.56. The SMILES string of the molecule is NC(=S)CNC(=O)C(=O)NCc1ccncn1. The molecule has 90 valence electrons. The van der Waals surface area contributed by atoms with Crippen molar-refractivity contribution in [3.63, 3.8) is 0 Å². The molecule has 1 heterocycles. The zero-order valence-electron chi connectivity index (χ0n) is 8.84. The molecule has 0 unspecified atom stereocenters. The molecular formula is C9H11N5O2S. The van der Waals surface area contributed by atoms with Crippen LogP contribution in [-0.4, -0.2) is 33.3 Å². The summed E-state index contributed by atoms with van der Waals surface area (Å²) in [5.41, 5.74) is 5.78. The average Bonchev–Trinajstić information content (AvgIpc) is 2.34. The molecule has 17 heavy (non-hydrogen) atoms. The Morgan fingerprint density at radius 2 is 2.06 bits per heavy atom. The monoisotopic (exact) mass is 253 g/mol. The Balaban J connectivity index is 2.34. The lowest BCUT2D eigenvalue weighted by molar-refractivity contribution is -0.139. The Kier molecular flexibility index (Phi) is 4.95. The molecule has 0 saturated heterocycles. The van der Waals surface area contributed by atoms with Crippen LogP contribution in [0.5, 0.6) is 0 Å². The van der Waals surface area contributed by atoms with Crippen molar-refractivity contribution in [2.45, 2.75) is 6.54 Å². The van der Waals surface area contributed by atoms with Crippen LogP contribution < -0.4 is 16.4 Å². The largest absolute Gasteiger partial charge is 0.392 e. The predicted molar refractivity (Wildman–Crippen MR) is 63.7 cm³/mol. The first kappa shape index (κ1) is 13.0. The topological polar surface area (TPSA) is 110 Å². The number of hydrogen-bond donors (Lipinski definition) is 3. The van der Waals surface area contributed by atoms with Crippen molar-refractivity contribution in [1.82, 2.24) is 20.6 Å². The van der Waals surface area contributed by atoms with Crippen LogP contribution in [0.25, 0.3) is 0 Å². The van der Waals surface area contributed by atoms with Gasteiger partial charge in [0.05, 0.1) is 23.8 Å². The minimum Gasteiger partial charge on any atom is -0.392 e. The van der Waals surface area contributed by atoms with Gasteiger partial charge in [-0.05, 0) is 6.07 Å². The van der Waals surface area contributed by atoms with Crippen LogP contribution in [0.4, 0.5) is 0 Å². The van der Waals surface area contributed by atoms with E-state index in [0.717, 1.165) is 0 Å². The molecule has 0 fully saturated rings. The minimum absolute atomic E-state index is 0.00487. The summed E-state index contributed by atoms with van der Waals surface area (Å²) >= 11 is 4.56. The third-order valence-corrected chi connectivity index (χ3v) is 1.85. The molecule has 0 aliphatic carbocycles. The second kappa shape index (κ2) is 6.48. The standard InChI is InChI=1S/C9H11N5O2S/c10-7(17)4-13-9(16)8(15)12-3-6-1-2-11-5-14-6/h1-2,5H,3-4H2,(H2,10,17)(H,12,15)(H,13,16). The molecule has 0 atom stereocenters. The zero-order chi connectivity index (χ0) is 12.7. The summed E-state index contributed by atoms with van der Waals surface area (Å²) in [5, 5.41) is 4.67. The number of carbonyl (C=O) groups excluding carboxylic acids is 2. The average molecular weight is 253 g/mol. The molecule has 7 nitrogen and oxygen atoms in total. The molecule has 0 radical (unpaired) electrons. The van der Waals surface area contributed by atoms with Crippen molar-refractivity contribution in [1.29, 1.82) is 0 Å². The van der Waals surface area contributed by atoms with E-state index in [-0.39, 0.29) is 18.1 Å². The molecule has 0 aromatic carbocycles. The van der Waals surface area contributed by atoms with E-state index in [1.165, 1.54) is 6.33 Å². The van der Waals surface area contributed by atoms with Gasteiger partial charge in [-0.15, -0.1) is 0 Å². The number of rotatable bonds is 4. The van der Waals surface area contributed by atoms with E-state index in [1.54, 1.807) is 12.3 Å². The van der Waals surface area contributed by atoms with Crippen LogP contribution in [0.2, 0.25) is 0 Å². The van der Waals surface area contributed by atoms with Crippen LogP contribution in [0.3, 0.4) is 0 Å². The highest BCUT2D eigenvalue weighted by Crippen LogP contribution is 1.89. The van der Waals surface area contributed by atoms with Crippen LogP contribution in [0.15, 0.2) is 18.6 Å². The lowest BCUT2D eigenvalue weighted by Gasteiger charge is -2.05. The van der Waals surface area contributed by atoms with Gasteiger partial charge in [-0.1, -0.05) is 12.2 Å². The molecule has 1 aromatic heterocycles. The van der Waals surface area contributed by atoms with Crippen LogP contribution in [0.1, 0.15) is 5.69 Å². The van der Waals surface area contributed by atoms with Gasteiger partial charge in [0.1, 0.15) is 6.33 Å². The van der Waals surface area contributed by atoms with Gasteiger partial charge in [0, 0.05) is 6.20 Å². The number of hydrogen-bond acceptors (Lipinski definition) is 5. The quantitative estimate of drug-likeness (QED) is 0.445. The first-order chi connectivity index (χ1) is 8.09. The first-order valence-corrected chi connectivity index (χ1v) is 5.09. The maximum atomic E-state index is 11.3. The highest BCUT2D eigenvalue weighted by atomic mass is 32.1. The van der Waals surface area contributed by atoms with Crippen molar-refractivity contribution >= 4 is 29.0 Å². The number of aromatic nitrogens is 2. The summed E-state index contributed by atoms with van der Waals surface area (Å²) in [7, 11) is 0. The van der Waals surface area contributed by atoms with Gasteiger partial charge in [0.25, 0.3) is 0 Å². The maximum absolute atomic E-state index is 11.3. The number of carbonyl (C=O) groups is 2. The molecule has 0 aliphatic rings. The number of nitrogens with two attached hydrogens (primary N) is 1. The molecule has 0 spiro atoms. The summed E-state index contributed by atoms with van der Waals surface area (Å²) in [6.07, 6.45) is 2.90. The molecule has 0 aliphatic heterocycles. The summed E-state index contributed by atoms with van der Waals surface area (Å²) in [6.45, 7) is 0.150. The Morgan fingerprint density at radius 3 is 2.65 bits per heavy atom. The van der Waals surface area contributed by atoms with E-state index in [9.17, 15) is 9.59 Å². The summed E-state index contributed by atoms with van der Waals surface area (Å²) in [6, 6.07) is 1.63. The molecule has 8 heteroatoms. The van der Waals surface area contributed by atoms with Gasteiger partial charge in [-0.25, -0.2) is 9.97 Å². The van der Waals surface area contributed by atoms with E-state index in [2.05, 4.69) is 32.8 Å². The first-order valence-electron chi connectivity index (χ1n) is 4.69. The summed E-state index contributed by atoms with van der Waals surface area (Å²) in [4.78, 5) is 30.2. The van der Waals surface area contributed by atoms with Crippen molar-refractivity contribution in [3.8, 4) is 0 Å². The zero-order valence-corrected chi connectivity index (χ0v) is 9.66. The van der Waals surface area contributed by atoms with E-state index in [1.807, 2.05) is 0 Å². The lowest BCUT2D eigenvalue weighted by atomic mass is 10.4. The maximum Gasteiger partial charge on any atom is 0.309 e. The highest BCUT2D eigenvalue weighted by Gasteiger charge is 2.12. The molecule has 1 aromatic rings. The third kappa shape index (κ3) is 4.98. The number of thiocarbonyl (C=S) groups is 1. The smallest absolute Gasteiger partial charge is 0.309 e. The van der Waals surface area contributed by atoms with Crippen LogP contribution in [0, 0.1) is 0 Å². The third-order valence-electron chi connectivity index (χ3n) is 1.70. The number of nitrogens with one attached hydrogen (secondary N) is 2.